The number of methoxy groups -OCH3 is 2. The van der Waals surface area contributed by atoms with Crippen LogP contribution in [0.5, 0.6) is 0 Å². The van der Waals surface area contributed by atoms with Crippen molar-refractivity contribution < 1.29 is 9.47 Å². The molecule has 0 aromatic carbocycles. The molecular formula is C26H39O2P. The van der Waals surface area contributed by atoms with Gasteiger partial charge < -0.3 is 9.47 Å². The number of hydrogen-bond donors (Lipinski definition) is 0. The van der Waals surface area contributed by atoms with Gasteiger partial charge in [-0.3, -0.25) is 0 Å². The molecule has 29 heavy (non-hydrogen) atoms. The molecule has 0 amide bonds. The maximum absolute atomic E-state index is 5.96. The second-order valence-corrected chi connectivity index (χ2v) is 12.2. The van der Waals surface area contributed by atoms with Crippen LogP contribution in [0.15, 0.2) is 47.3 Å². The normalized spacial score (nSPS) is 29.4. The number of ether oxygens (including phenoxy) is 2. The molecule has 2 atom stereocenters. The highest BCUT2D eigenvalue weighted by molar-refractivity contribution is 7.60. The summed E-state index contributed by atoms with van der Waals surface area (Å²) in [6.45, 7) is 0. The fraction of sp³-hybridized carbons (Fsp3) is 0.692. The number of allylic oxidation sites excluding steroid dienone is 4. The van der Waals surface area contributed by atoms with Crippen LogP contribution in [-0.4, -0.2) is 37.3 Å². The first-order valence-electron chi connectivity index (χ1n) is 12.0. The summed E-state index contributed by atoms with van der Waals surface area (Å²) in [7, 11) is 3.66. The highest BCUT2D eigenvalue weighted by atomic mass is 31.1. The summed E-state index contributed by atoms with van der Waals surface area (Å²) in [5.41, 5.74) is 5.50. The minimum Gasteiger partial charge on any atom is -0.496 e. The molecule has 4 aliphatic rings. The van der Waals surface area contributed by atoms with Crippen LogP contribution in [0.2, 0.25) is 0 Å². The van der Waals surface area contributed by atoms with Gasteiger partial charge >= 0.3 is 0 Å². The summed E-state index contributed by atoms with van der Waals surface area (Å²) in [4.78, 5) is 0. The van der Waals surface area contributed by atoms with Crippen LogP contribution in [0.3, 0.4) is 0 Å². The minimum atomic E-state index is -0.0163. The summed E-state index contributed by atoms with van der Waals surface area (Å²) in [6, 6.07) is 0. The lowest BCUT2D eigenvalue weighted by molar-refractivity contribution is 0.127. The molecule has 2 nitrogen and oxygen atoms in total. The topological polar surface area (TPSA) is 18.5 Å². The van der Waals surface area contributed by atoms with Crippen molar-refractivity contribution in [1.82, 2.24) is 0 Å². The second kappa shape index (κ2) is 10.5. The molecule has 0 radical (unpaired) electrons. The van der Waals surface area contributed by atoms with Crippen molar-refractivity contribution in [1.29, 1.82) is 0 Å². The first kappa shape index (κ1) is 21.4. The fourth-order valence-corrected chi connectivity index (χ4v) is 10.6. The highest BCUT2D eigenvalue weighted by Crippen LogP contribution is 2.62. The van der Waals surface area contributed by atoms with E-state index in [0.29, 0.717) is 5.66 Å². The number of hydrogen-bond acceptors (Lipinski definition) is 2. The van der Waals surface area contributed by atoms with Crippen molar-refractivity contribution in [3.8, 4) is 0 Å². The lowest BCUT2D eigenvalue weighted by Gasteiger charge is -2.45. The molecule has 3 heteroatoms. The van der Waals surface area contributed by atoms with E-state index in [-0.39, 0.29) is 14.0 Å². The lowest BCUT2D eigenvalue weighted by atomic mass is 9.88. The largest absolute Gasteiger partial charge is 0.496 e. The molecule has 0 aromatic heterocycles. The zero-order valence-corrected chi connectivity index (χ0v) is 19.3. The average Bonchev–Trinajstić information content (AvgIpc) is 2.80. The third kappa shape index (κ3) is 4.75. The first-order chi connectivity index (χ1) is 14.3. The Bertz CT molecular complexity index is 644. The highest BCUT2D eigenvalue weighted by Gasteiger charge is 2.40. The zero-order valence-electron chi connectivity index (χ0n) is 18.4. The van der Waals surface area contributed by atoms with Crippen molar-refractivity contribution in [2.45, 2.75) is 100 Å². The van der Waals surface area contributed by atoms with Crippen LogP contribution >= 0.6 is 7.92 Å². The van der Waals surface area contributed by atoms with E-state index in [1.165, 1.54) is 76.2 Å². The molecule has 4 aliphatic carbocycles. The second-order valence-electron chi connectivity index (χ2n) is 9.18. The summed E-state index contributed by atoms with van der Waals surface area (Å²) in [5.74, 6) is 1.02. The molecule has 4 rings (SSSR count). The van der Waals surface area contributed by atoms with Gasteiger partial charge in [0.1, 0.15) is 5.76 Å². The van der Waals surface area contributed by atoms with Crippen molar-refractivity contribution in [3.05, 3.63) is 47.3 Å². The van der Waals surface area contributed by atoms with E-state index < -0.39 is 0 Å². The lowest BCUT2D eigenvalue weighted by Crippen LogP contribution is -2.31. The third-order valence-electron chi connectivity index (χ3n) is 7.51. The van der Waals surface area contributed by atoms with E-state index in [1.807, 2.05) is 14.2 Å². The van der Waals surface area contributed by atoms with Gasteiger partial charge in [-0.2, -0.15) is 0 Å². The van der Waals surface area contributed by atoms with E-state index in [9.17, 15) is 0 Å². The van der Waals surface area contributed by atoms with Gasteiger partial charge in [0.15, 0.2) is 0 Å². The molecule has 0 N–H and O–H groups in total. The zero-order chi connectivity index (χ0) is 20.1. The Hall–Kier alpha value is -0.850. The molecule has 0 heterocycles. The van der Waals surface area contributed by atoms with Gasteiger partial charge in [-0.25, -0.2) is 0 Å². The van der Waals surface area contributed by atoms with Gasteiger partial charge in [0.2, 0.25) is 0 Å². The Morgan fingerprint density at radius 3 is 2.07 bits per heavy atom. The van der Waals surface area contributed by atoms with Crippen molar-refractivity contribution in [2.24, 2.45) is 0 Å². The quantitative estimate of drug-likeness (QED) is 0.426. The van der Waals surface area contributed by atoms with Crippen LogP contribution in [0.1, 0.15) is 77.0 Å². The first-order valence-corrected chi connectivity index (χ1v) is 13.5. The van der Waals surface area contributed by atoms with E-state index in [4.69, 9.17) is 9.47 Å². The van der Waals surface area contributed by atoms with Crippen molar-refractivity contribution in [3.63, 3.8) is 0 Å². The molecule has 2 fully saturated rings. The van der Waals surface area contributed by atoms with E-state index in [1.54, 1.807) is 5.57 Å². The molecule has 0 spiro atoms. The Kier molecular flexibility index (Phi) is 7.71. The van der Waals surface area contributed by atoms with Crippen molar-refractivity contribution in [2.75, 3.05) is 14.2 Å². The maximum Gasteiger partial charge on any atom is 0.124 e. The van der Waals surface area contributed by atoms with Gasteiger partial charge in [0.05, 0.1) is 13.2 Å². The van der Waals surface area contributed by atoms with E-state index in [0.717, 1.165) is 23.5 Å². The van der Waals surface area contributed by atoms with Gasteiger partial charge in [-0.1, -0.05) is 70.8 Å². The smallest absolute Gasteiger partial charge is 0.124 e. The van der Waals surface area contributed by atoms with Crippen LogP contribution in [0.4, 0.5) is 0 Å². The SMILES string of the molecule is COC1=C(C2=CC=CCC2P(C2CCCCC2)C2CCCCC2)C(OC)CC=C1. The van der Waals surface area contributed by atoms with Gasteiger partial charge in [0.25, 0.3) is 0 Å². The molecule has 0 aliphatic heterocycles. The standard InChI is InChI=1S/C26H39O2P/c1-27-23-17-11-18-24(28-2)26(23)22-16-9-10-19-25(22)29(20-12-5-3-6-13-20)21-14-7-4-8-15-21/h9-11,16-17,20-21,24-25H,3-8,12-15,18-19H2,1-2H3. The Morgan fingerprint density at radius 1 is 0.828 bits per heavy atom. The molecule has 0 saturated heterocycles. The molecule has 160 valence electrons. The van der Waals surface area contributed by atoms with Gasteiger partial charge in [-0.15, -0.1) is 0 Å². The Balaban J connectivity index is 1.70. The van der Waals surface area contributed by atoms with Gasteiger partial charge in [0, 0.05) is 18.3 Å². The van der Waals surface area contributed by atoms with Gasteiger partial charge in [-0.05, 0) is 61.5 Å². The average molecular weight is 415 g/mol. The minimum absolute atomic E-state index is 0.0163. The molecule has 2 unspecified atom stereocenters. The van der Waals surface area contributed by atoms with Crippen molar-refractivity contribution >= 4 is 7.92 Å². The third-order valence-corrected chi connectivity index (χ3v) is 11.4. The summed E-state index contributed by atoms with van der Waals surface area (Å²) < 4.78 is 11.8. The fourth-order valence-electron chi connectivity index (χ4n) is 6.12. The Morgan fingerprint density at radius 2 is 1.48 bits per heavy atom. The van der Waals surface area contributed by atoms with Crippen LogP contribution < -0.4 is 0 Å². The van der Waals surface area contributed by atoms with E-state index >= 15 is 0 Å². The molecule has 2 saturated carbocycles. The van der Waals surface area contributed by atoms with Crippen LogP contribution in [-0.2, 0) is 9.47 Å². The summed E-state index contributed by atoms with van der Waals surface area (Å²) >= 11 is 0. The monoisotopic (exact) mass is 414 g/mol. The summed E-state index contributed by atoms with van der Waals surface area (Å²) in [6.07, 6.45) is 28.4. The molecule has 0 aromatic rings. The maximum atomic E-state index is 5.96. The predicted octanol–water partition coefficient (Wildman–Crippen LogP) is 7.26. The predicted molar refractivity (Wildman–Crippen MR) is 125 cm³/mol. The molecule has 0 bridgehead atoms. The summed E-state index contributed by atoms with van der Waals surface area (Å²) in [5, 5.41) is 0. The van der Waals surface area contributed by atoms with Crippen LogP contribution in [0.25, 0.3) is 0 Å². The molecular weight excluding hydrogens is 375 g/mol. The Labute approximate surface area is 179 Å². The van der Waals surface area contributed by atoms with E-state index in [2.05, 4.69) is 30.4 Å². The van der Waals surface area contributed by atoms with Crippen LogP contribution in [0, 0.1) is 0 Å². The number of rotatable bonds is 6.